The first-order valence-electron chi connectivity index (χ1n) is 4.56. The molecular weight excluding hydrogens is 217 g/mol. The zero-order chi connectivity index (χ0) is 10.9. The minimum atomic E-state index is -0.451. The van der Waals surface area contributed by atoms with Gasteiger partial charge in [-0.1, -0.05) is 26.8 Å². The van der Waals surface area contributed by atoms with E-state index in [2.05, 4.69) is 0 Å². The summed E-state index contributed by atoms with van der Waals surface area (Å²) in [5.41, 5.74) is 6.14. The van der Waals surface area contributed by atoms with Crippen LogP contribution in [0, 0.1) is 11.2 Å². The van der Waals surface area contributed by atoms with E-state index in [1.165, 1.54) is 12.1 Å². The summed E-state index contributed by atoms with van der Waals surface area (Å²) in [4.78, 5) is 0. The summed E-state index contributed by atoms with van der Waals surface area (Å²) < 4.78 is 13.4. The number of halogens is 2. The van der Waals surface area contributed by atoms with E-state index in [9.17, 15) is 4.39 Å². The molecule has 1 aromatic rings. The van der Waals surface area contributed by atoms with Gasteiger partial charge in [-0.15, -0.1) is 12.4 Å². The Hall–Kier alpha value is -0.800. The van der Waals surface area contributed by atoms with Crippen LogP contribution in [0.15, 0.2) is 18.2 Å². The Morgan fingerprint density at radius 2 is 1.87 bits per heavy atom. The molecule has 3 N–H and O–H groups in total. The molecule has 15 heavy (non-hydrogen) atoms. The van der Waals surface area contributed by atoms with Gasteiger partial charge in [0, 0.05) is 17.7 Å². The highest BCUT2D eigenvalue weighted by atomic mass is 35.5. The molecule has 0 amide bonds. The van der Waals surface area contributed by atoms with Crippen molar-refractivity contribution in [3.05, 3.63) is 29.6 Å². The fraction of sp³-hybridized carbons (Fsp3) is 0.455. The van der Waals surface area contributed by atoms with Crippen LogP contribution in [0.1, 0.15) is 32.4 Å². The molecule has 1 atom stereocenters. The van der Waals surface area contributed by atoms with Gasteiger partial charge in [-0.2, -0.15) is 0 Å². The molecular formula is C11H17ClFNO. The maximum Gasteiger partial charge on any atom is 0.131 e. The average molecular weight is 234 g/mol. The first kappa shape index (κ1) is 14.2. The van der Waals surface area contributed by atoms with Gasteiger partial charge < -0.3 is 10.8 Å². The fourth-order valence-corrected chi connectivity index (χ4v) is 1.23. The number of hydrogen-bond donors (Lipinski definition) is 2. The van der Waals surface area contributed by atoms with Crippen molar-refractivity contribution in [2.75, 3.05) is 0 Å². The van der Waals surface area contributed by atoms with Crippen molar-refractivity contribution < 1.29 is 9.50 Å². The third kappa shape index (κ3) is 3.36. The van der Waals surface area contributed by atoms with Crippen molar-refractivity contribution >= 4 is 12.4 Å². The lowest BCUT2D eigenvalue weighted by Gasteiger charge is -2.27. The van der Waals surface area contributed by atoms with Crippen LogP contribution in [0.2, 0.25) is 0 Å². The van der Waals surface area contributed by atoms with Gasteiger partial charge in [0.15, 0.2) is 0 Å². The van der Waals surface area contributed by atoms with E-state index in [0.717, 1.165) is 6.07 Å². The third-order valence-electron chi connectivity index (χ3n) is 2.25. The fourth-order valence-electron chi connectivity index (χ4n) is 1.23. The van der Waals surface area contributed by atoms with Gasteiger partial charge in [0.25, 0.3) is 0 Å². The lowest BCUT2D eigenvalue weighted by atomic mass is 9.83. The molecule has 86 valence electrons. The highest BCUT2D eigenvalue weighted by molar-refractivity contribution is 5.85. The predicted molar refractivity (Wildman–Crippen MR) is 61.7 cm³/mol. The van der Waals surface area contributed by atoms with Crippen LogP contribution in [-0.2, 0) is 0 Å². The molecule has 0 aliphatic heterocycles. The van der Waals surface area contributed by atoms with E-state index in [1.807, 2.05) is 20.8 Å². The van der Waals surface area contributed by atoms with E-state index >= 15 is 0 Å². The first-order chi connectivity index (χ1) is 6.32. The van der Waals surface area contributed by atoms with Crippen LogP contribution in [0.25, 0.3) is 0 Å². The number of aromatic hydroxyl groups is 1. The second kappa shape index (κ2) is 4.81. The Morgan fingerprint density at radius 3 is 2.27 bits per heavy atom. The summed E-state index contributed by atoms with van der Waals surface area (Å²) in [6.07, 6.45) is 0. The summed E-state index contributed by atoms with van der Waals surface area (Å²) in [6.45, 7) is 5.85. The maximum absolute atomic E-state index is 13.4. The molecule has 0 bridgehead atoms. The molecule has 2 nitrogen and oxygen atoms in total. The van der Waals surface area contributed by atoms with E-state index in [4.69, 9.17) is 10.8 Å². The molecule has 0 fully saturated rings. The minimum absolute atomic E-state index is 0. The minimum Gasteiger partial charge on any atom is -0.508 e. The lowest BCUT2D eigenvalue weighted by Crippen LogP contribution is -2.27. The van der Waals surface area contributed by atoms with Gasteiger partial charge in [0.2, 0.25) is 0 Å². The van der Waals surface area contributed by atoms with Crippen LogP contribution in [0.4, 0.5) is 4.39 Å². The second-order valence-electron chi connectivity index (χ2n) is 4.55. The number of phenolic OH excluding ortho intramolecular Hbond substituents is 1. The zero-order valence-electron chi connectivity index (χ0n) is 9.12. The number of hydrogen-bond acceptors (Lipinski definition) is 2. The SMILES string of the molecule is CC(C)(C)[C@@H](N)c1ccc(O)cc1F.Cl. The average Bonchev–Trinajstić information content (AvgIpc) is 2.01. The second-order valence-corrected chi connectivity index (χ2v) is 4.55. The molecule has 0 spiro atoms. The topological polar surface area (TPSA) is 46.2 Å². The van der Waals surface area contributed by atoms with Crippen LogP contribution >= 0.6 is 12.4 Å². The number of phenols is 1. The monoisotopic (exact) mass is 233 g/mol. The van der Waals surface area contributed by atoms with E-state index in [1.54, 1.807) is 0 Å². The molecule has 0 radical (unpaired) electrons. The number of nitrogens with two attached hydrogens (primary N) is 1. The summed E-state index contributed by atoms with van der Waals surface area (Å²) in [5.74, 6) is -0.528. The Kier molecular flexibility index (Phi) is 4.56. The van der Waals surface area contributed by atoms with Crippen LogP contribution in [0.3, 0.4) is 0 Å². The molecule has 0 aromatic heterocycles. The summed E-state index contributed by atoms with van der Waals surface area (Å²) >= 11 is 0. The standard InChI is InChI=1S/C11H16FNO.ClH/c1-11(2,3)10(13)8-5-4-7(14)6-9(8)12;/h4-6,10,14H,13H2,1-3H3;1H/t10-;/m0./s1. The third-order valence-corrected chi connectivity index (χ3v) is 2.25. The summed E-state index contributed by atoms with van der Waals surface area (Å²) in [7, 11) is 0. The van der Waals surface area contributed by atoms with Crippen molar-refractivity contribution in [1.29, 1.82) is 0 Å². The molecule has 0 aliphatic carbocycles. The van der Waals surface area contributed by atoms with Crippen molar-refractivity contribution in [2.45, 2.75) is 26.8 Å². The van der Waals surface area contributed by atoms with Crippen molar-refractivity contribution in [2.24, 2.45) is 11.1 Å². The van der Waals surface area contributed by atoms with Crippen molar-refractivity contribution in [3.8, 4) is 5.75 Å². The zero-order valence-corrected chi connectivity index (χ0v) is 9.94. The van der Waals surface area contributed by atoms with Gasteiger partial charge in [-0.05, 0) is 11.5 Å². The van der Waals surface area contributed by atoms with Crippen molar-refractivity contribution in [1.82, 2.24) is 0 Å². The molecule has 0 aliphatic rings. The van der Waals surface area contributed by atoms with Gasteiger partial charge in [0.1, 0.15) is 11.6 Å². The normalized spacial score (nSPS) is 13.1. The Labute approximate surface area is 95.7 Å². The molecule has 1 aromatic carbocycles. The Morgan fingerprint density at radius 1 is 1.33 bits per heavy atom. The Bertz CT molecular complexity index is 336. The first-order valence-corrected chi connectivity index (χ1v) is 4.56. The van der Waals surface area contributed by atoms with E-state index < -0.39 is 5.82 Å². The van der Waals surface area contributed by atoms with Crippen LogP contribution < -0.4 is 5.73 Å². The van der Waals surface area contributed by atoms with Gasteiger partial charge >= 0.3 is 0 Å². The quantitative estimate of drug-likeness (QED) is 0.783. The molecule has 0 saturated carbocycles. The molecule has 4 heteroatoms. The number of benzene rings is 1. The van der Waals surface area contributed by atoms with Crippen LogP contribution in [0.5, 0.6) is 5.75 Å². The highest BCUT2D eigenvalue weighted by Crippen LogP contribution is 2.32. The lowest BCUT2D eigenvalue weighted by molar-refractivity contribution is 0.318. The summed E-state index contributed by atoms with van der Waals surface area (Å²) in [6, 6.07) is 3.69. The predicted octanol–water partition coefficient (Wildman–Crippen LogP) is 3.00. The molecule has 1 rings (SSSR count). The van der Waals surface area contributed by atoms with Gasteiger partial charge in [-0.3, -0.25) is 0 Å². The molecule has 0 heterocycles. The summed E-state index contributed by atoms with van der Waals surface area (Å²) in [5, 5.41) is 9.04. The molecule has 0 unspecified atom stereocenters. The molecule has 0 saturated heterocycles. The van der Waals surface area contributed by atoms with Gasteiger partial charge in [0.05, 0.1) is 0 Å². The smallest absolute Gasteiger partial charge is 0.131 e. The van der Waals surface area contributed by atoms with Gasteiger partial charge in [-0.25, -0.2) is 4.39 Å². The van der Waals surface area contributed by atoms with E-state index in [-0.39, 0.29) is 29.6 Å². The Balaban J connectivity index is 0.00000196. The van der Waals surface area contributed by atoms with Crippen LogP contribution in [-0.4, -0.2) is 5.11 Å². The van der Waals surface area contributed by atoms with E-state index in [0.29, 0.717) is 5.56 Å². The maximum atomic E-state index is 13.4. The highest BCUT2D eigenvalue weighted by Gasteiger charge is 2.24. The van der Waals surface area contributed by atoms with Crippen molar-refractivity contribution in [3.63, 3.8) is 0 Å². The largest absolute Gasteiger partial charge is 0.508 e. The number of rotatable bonds is 1.